The fourth-order valence-corrected chi connectivity index (χ4v) is 3.48. The number of H-pyrrole nitrogens is 1. The second-order valence-electron chi connectivity index (χ2n) is 4.67. The van der Waals surface area contributed by atoms with Gasteiger partial charge in [-0.25, -0.2) is 0 Å². The Bertz CT molecular complexity index is 486. The van der Waals surface area contributed by atoms with E-state index < -0.39 is 0 Å². The Kier molecular flexibility index (Phi) is 3.39. The number of benzene rings is 1. The largest absolute Gasteiger partial charge is 0.361 e. The molecule has 90 valence electrons. The molecule has 0 radical (unpaired) electrons. The molecule has 17 heavy (non-hydrogen) atoms. The molecule has 0 bridgehead atoms. The fraction of sp³-hybridized carbons (Fsp3) is 0.429. The predicted octanol–water partition coefficient (Wildman–Crippen LogP) is 3.15. The van der Waals surface area contributed by atoms with E-state index in [0.29, 0.717) is 0 Å². The van der Waals surface area contributed by atoms with Crippen LogP contribution in [0.1, 0.15) is 18.4 Å². The van der Waals surface area contributed by atoms with E-state index in [4.69, 9.17) is 0 Å². The molecule has 0 unspecified atom stereocenters. The summed E-state index contributed by atoms with van der Waals surface area (Å²) in [4.78, 5) is 3.23. The van der Waals surface area contributed by atoms with Crippen molar-refractivity contribution >= 4 is 22.7 Å². The zero-order chi connectivity index (χ0) is 11.5. The standard InChI is InChI=1S/C14H18N2S/c1-2-14-12(3-6-15-14)9-11(1)10-16-13-4-7-17-8-5-13/h1-3,6,9,13,15-16H,4-5,7-8,10H2. The lowest BCUT2D eigenvalue weighted by atomic mass is 10.1. The van der Waals surface area contributed by atoms with Crippen molar-refractivity contribution in [2.45, 2.75) is 25.4 Å². The first-order valence-corrected chi connectivity index (χ1v) is 7.44. The van der Waals surface area contributed by atoms with E-state index in [1.54, 1.807) is 0 Å². The molecular weight excluding hydrogens is 228 g/mol. The van der Waals surface area contributed by atoms with Crippen LogP contribution in [0.2, 0.25) is 0 Å². The van der Waals surface area contributed by atoms with Crippen molar-refractivity contribution < 1.29 is 0 Å². The third-order valence-electron chi connectivity index (χ3n) is 3.43. The summed E-state index contributed by atoms with van der Waals surface area (Å²) >= 11 is 2.08. The summed E-state index contributed by atoms with van der Waals surface area (Å²) in [6, 6.07) is 9.51. The molecule has 1 aliphatic rings. The normalized spacial score (nSPS) is 17.6. The molecule has 1 saturated heterocycles. The van der Waals surface area contributed by atoms with Gasteiger partial charge in [0.15, 0.2) is 0 Å². The highest BCUT2D eigenvalue weighted by atomic mass is 32.2. The molecule has 0 aliphatic carbocycles. The van der Waals surface area contributed by atoms with Crippen molar-refractivity contribution in [3.63, 3.8) is 0 Å². The molecule has 1 fully saturated rings. The fourth-order valence-electron chi connectivity index (χ4n) is 2.38. The highest BCUT2D eigenvalue weighted by Crippen LogP contribution is 2.18. The molecule has 2 N–H and O–H groups in total. The summed E-state index contributed by atoms with van der Waals surface area (Å²) in [5.74, 6) is 2.63. The number of hydrogen-bond donors (Lipinski definition) is 2. The zero-order valence-corrected chi connectivity index (χ0v) is 10.7. The van der Waals surface area contributed by atoms with Crippen LogP contribution in [0.5, 0.6) is 0 Å². The summed E-state index contributed by atoms with van der Waals surface area (Å²) in [6.45, 7) is 0.996. The van der Waals surface area contributed by atoms with Gasteiger partial charge in [-0.1, -0.05) is 6.07 Å². The lowest BCUT2D eigenvalue weighted by Crippen LogP contribution is -2.31. The minimum Gasteiger partial charge on any atom is -0.361 e. The van der Waals surface area contributed by atoms with Gasteiger partial charge in [0.2, 0.25) is 0 Å². The molecule has 3 heteroatoms. The Hall–Kier alpha value is -0.930. The topological polar surface area (TPSA) is 27.8 Å². The van der Waals surface area contributed by atoms with Crippen LogP contribution in [0.25, 0.3) is 10.9 Å². The third kappa shape index (κ3) is 2.67. The third-order valence-corrected chi connectivity index (χ3v) is 4.48. The Morgan fingerprint density at radius 1 is 1.24 bits per heavy atom. The van der Waals surface area contributed by atoms with Crippen molar-refractivity contribution in [1.82, 2.24) is 10.3 Å². The summed E-state index contributed by atoms with van der Waals surface area (Å²) in [7, 11) is 0. The SMILES string of the molecule is c1cc2cc(CNC3CCSCC3)ccc2[nH]1. The van der Waals surface area contributed by atoms with Gasteiger partial charge in [0.25, 0.3) is 0 Å². The maximum atomic E-state index is 3.67. The van der Waals surface area contributed by atoms with Crippen LogP contribution >= 0.6 is 11.8 Å². The smallest absolute Gasteiger partial charge is 0.0454 e. The second kappa shape index (κ2) is 5.15. The highest BCUT2D eigenvalue weighted by molar-refractivity contribution is 7.99. The van der Waals surface area contributed by atoms with Gasteiger partial charge in [-0.2, -0.15) is 11.8 Å². The van der Waals surface area contributed by atoms with E-state index in [0.717, 1.165) is 12.6 Å². The molecule has 3 rings (SSSR count). The van der Waals surface area contributed by atoms with E-state index in [1.807, 2.05) is 6.20 Å². The molecule has 0 saturated carbocycles. The summed E-state index contributed by atoms with van der Waals surface area (Å²) in [5, 5.41) is 4.98. The van der Waals surface area contributed by atoms with Crippen molar-refractivity contribution in [2.24, 2.45) is 0 Å². The van der Waals surface area contributed by atoms with Gasteiger partial charge in [-0.15, -0.1) is 0 Å². The lowest BCUT2D eigenvalue weighted by molar-refractivity contribution is 0.482. The number of rotatable bonds is 3. The summed E-state index contributed by atoms with van der Waals surface area (Å²) in [5.41, 5.74) is 2.61. The highest BCUT2D eigenvalue weighted by Gasteiger charge is 2.12. The van der Waals surface area contributed by atoms with Crippen molar-refractivity contribution in [2.75, 3.05) is 11.5 Å². The van der Waals surface area contributed by atoms with E-state index in [-0.39, 0.29) is 0 Å². The van der Waals surface area contributed by atoms with Gasteiger partial charge < -0.3 is 10.3 Å². The maximum absolute atomic E-state index is 3.67. The first kappa shape index (κ1) is 11.2. The summed E-state index contributed by atoms with van der Waals surface area (Å²) in [6.07, 6.45) is 4.63. The molecular formula is C14H18N2S. The van der Waals surface area contributed by atoms with Crippen LogP contribution in [0.15, 0.2) is 30.5 Å². The van der Waals surface area contributed by atoms with E-state index >= 15 is 0 Å². The van der Waals surface area contributed by atoms with Crippen molar-refractivity contribution in [3.05, 3.63) is 36.0 Å². The molecule has 2 aromatic rings. The first-order chi connectivity index (χ1) is 8.42. The first-order valence-electron chi connectivity index (χ1n) is 6.29. The number of fused-ring (bicyclic) bond motifs is 1. The Balaban J connectivity index is 1.63. The molecule has 2 nitrogen and oxygen atoms in total. The number of aromatic amines is 1. The average molecular weight is 246 g/mol. The minimum atomic E-state index is 0.721. The van der Waals surface area contributed by atoms with Gasteiger partial charge in [0.1, 0.15) is 0 Å². The molecule has 0 amide bonds. The Morgan fingerprint density at radius 3 is 3.00 bits per heavy atom. The van der Waals surface area contributed by atoms with E-state index in [2.05, 4.69) is 46.3 Å². The number of nitrogens with one attached hydrogen (secondary N) is 2. The lowest BCUT2D eigenvalue weighted by Gasteiger charge is -2.22. The minimum absolute atomic E-state index is 0.721. The maximum Gasteiger partial charge on any atom is 0.0454 e. The van der Waals surface area contributed by atoms with Crippen LogP contribution in [-0.2, 0) is 6.54 Å². The number of thioether (sulfide) groups is 1. The molecule has 2 heterocycles. The number of hydrogen-bond acceptors (Lipinski definition) is 2. The van der Waals surface area contributed by atoms with Gasteiger partial charge in [-0.3, -0.25) is 0 Å². The summed E-state index contributed by atoms with van der Waals surface area (Å²) < 4.78 is 0. The van der Waals surface area contributed by atoms with Gasteiger partial charge in [-0.05, 0) is 53.5 Å². The molecule has 1 aromatic heterocycles. The van der Waals surface area contributed by atoms with E-state index in [9.17, 15) is 0 Å². The van der Waals surface area contributed by atoms with Gasteiger partial charge in [0.05, 0.1) is 0 Å². The molecule has 0 atom stereocenters. The van der Waals surface area contributed by atoms with Crippen molar-refractivity contribution in [1.29, 1.82) is 0 Å². The van der Waals surface area contributed by atoms with Crippen LogP contribution in [0.4, 0.5) is 0 Å². The van der Waals surface area contributed by atoms with E-state index in [1.165, 1.54) is 40.8 Å². The zero-order valence-electron chi connectivity index (χ0n) is 9.91. The van der Waals surface area contributed by atoms with Gasteiger partial charge in [0, 0.05) is 24.3 Å². The number of aromatic nitrogens is 1. The van der Waals surface area contributed by atoms with Crippen LogP contribution in [0, 0.1) is 0 Å². The predicted molar refractivity (Wildman–Crippen MR) is 75.5 cm³/mol. The molecule has 1 aliphatic heterocycles. The second-order valence-corrected chi connectivity index (χ2v) is 5.89. The van der Waals surface area contributed by atoms with Crippen LogP contribution < -0.4 is 5.32 Å². The Morgan fingerprint density at radius 2 is 2.12 bits per heavy atom. The molecule has 0 spiro atoms. The average Bonchev–Trinajstić information content (AvgIpc) is 2.85. The quantitative estimate of drug-likeness (QED) is 0.870. The van der Waals surface area contributed by atoms with Crippen LogP contribution in [0.3, 0.4) is 0 Å². The molecule has 1 aromatic carbocycles. The Labute approximate surface area is 106 Å². The monoisotopic (exact) mass is 246 g/mol. The van der Waals surface area contributed by atoms with Crippen LogP contribution in [-0.4, -0.2) is 22.5 Å². The van der Waals surface area contributed by atoms with Crippen molar-refractivity contribution in [3.8, 4) is 0 Å². The van der Waals surface area contributed by atoms with Gasteiger partial charge >= 0.3 is 0 Å².